The van der Waals surface area contributed by atoms with Crippen molar-refractivity contribution in [2.45, 2.75) is 51.2 Å². The first kappa shape index (κ1) is 29.5. The van der Waals surface area contributed by atoms with Crippen LogP contribution < -0.4 is 16.0 Å². The first-order valence-corrected chi connectivity index (χ1v) is 13.8. The molecule has 3 N–H and O–H groups in total. The van der Waals surface area contributed by atoms with Crippen molar-refractivity contribution in [3.8, 4) is 0 Å². The number of aryl methyl sites for hydroxylation is 1. The standard InChI is InChI=1S/C27H43ClN4O5/c1-19-8-9-22(28)15-24(19)25(37-13-10-30-27(34)35-3)21-7-4-11-32(17-21)26(33)31-23(16-29-2)14-20-6-5-12-36-18-20/h8-9,15,20-21,23,25,29H,4-7,10-14,16-18H2,1-3H3,(H,30,34)(H,31,33)/t20-,21-,23+,25?/m1/s1. The first-order chi connectivity index (χ1) is 17.9. The number of urea groups is 1. The van der Waals surface area contributed by atoms with Crippen LogP contribution in [0.15, 0.2) is 18.2 Å². The molecule has 0 bridgehead atoms. The zero-order chi connectivity index (χ0) is 26.6. The van der Waals surface area contributed by atoms with E-state index in [2.05, 4.69) is 20.7 Å². The molecule has 0 saturated carbocycles. The van der Waals surface area contributed by atoms with Gasteiger partial charge in [-0.25, -0.2) is 9.59 Å². The summed E-state index contributed by atoms with van der Waals surface area (Å²) in [6, 6.07) is 5.83. The van der Waals surface area contributed by atoms with Crippen LogP contribution in [0.5, 0.6) is 0 Å². The van der Waals surface area contributed by atoms with E-state index in [9.17, 15) is 9.59 Å². The third-order valence-electron chi connectivity index (χ3n) is 7.23. The maximum atomic E-state index is 13.4. The van der Waals surface area contributed by atoms with E-state index < -0.39 is 6.09 Å². The Hall–Kier alpha value is -2.07. The number of carbonyl (C=O) groups excluding carboxylic acids is 2. The number of halogens is 1. The van der Waals surface area contributed by atoms with Crippen molar-refractivity contribution in [3.05, 3.63) is 34.3 Å². The van der Waals surface area contributed by atoms with Crippen molar-refractivity contribution >= 4 is 23.7 Å². The van der Waals surface area contributed by atoms with Gasteiger partial charge in [0.25, 0.3) is 0 Å². The molecule has 0 aromatic heterocycles. The highest BCUT2D eigenvalue weighted by Gasteiger charge is 2.33. The Morgan fingerprint density at radius 3 is 2.84 bits per heavy atom. The third kappa shape index (κ3) is 9.32. The van der Waals surface area contributed by atoms with Crippen LogP contribution in [0.2, 0.25) is 5.02 Å². The molecule has 2 fully saturated rings. The number of alkyl carbamates (subject to hydrolysis) is 1. The van der Waals surface area contributed by atoms with Gasteiger partial charge in [-0.05, 0) is 75.3 Å². The number of amides is 3. The molecular weight excluding hydrogens is 496 g/mol. The number of likely N-dealkylation sites (tertiary alicyclic amines) is 1. The minimum atomic E-state index is -0.490. The zero-order valence-corrected chi connectivity index (χ0v) is 23.1. The largest absolute Gasteiger partial charge is 0.453 e. The molecule has 9 nitrogen and oxygen atoms in total. The Balaban J connectivity index is 1.66. The van der Waals surface area contributed by atoms with E-state index in [1.54, 1.807) is 0 Å². The number of hydrogen-bond donors (Lipinski definition) is 3. The van der Waals surface area contributed by atoms with Gasteiger partial charge in [-0.1, -0.05) is 17.7 Å². The topological polar surface area (TPSA) is 101 Å². The molecule has 3 amide bonds. The highest BCUT2D eigenvalue weighted by Crippen LogP contribution is 2.35. The third-order valence-corrected chi connectivity index (χ3v) is 7.46. The minimum Gasteiger partial charge on any atom is -0.453 e. The summed E-state index contributed by atoms with van der Waals surface area (Å²) in [6.07, 6.45) is 4.22. The van der Waals surface area contributed by atoms with Gasteiger partial charge in [-0.15, -0.1) is 0 Å². The molecule has 37 heavy (non-hydrogen) atoms. The van der Waals surface area contributed by atoms with E-state index in [1.807, 2.05) is 37.1 Å². The molecule has 2 heterocycles. The Labute approximate surface area is 225 Å². The first-order valence-electron chi connectivity index (χ1n) is 13.4. The average molecular weight is 539 g/mol. The Bertz CT molecular complexity index is 867. The number of ether oxygens (including phenoxy) is 3. The molecule has 2 aliphatic heterocycles. The van der Waals surface area contributed by atoms with Gasteiger partial charge in [0.2, 0.25) is 0 Å². The maximum absolute atomic E-state index is 13.4. The van der Waals surface area contributed by atoms with Crippen LogP contribution in [-0.2, 0) is 14.2 Å². The van der Waals surface area contributed by atoms with E-state index in [-0.39, 0.29) is 24.1 Å². The van der Waals surface area contributed by atoms with Crippen LogP contribution in [0, 0.1) is 18.8 Å². The second-order valence-corrected chi connectivity index (χ2v) is 10.5. The lowest BCUT2D eigenvalue weighted by atomic mass is 9.86. The summed E-state index contributed by atoms with van der Waals surface area (Å²) < 4.78 is 16.6. The molecule has 0 spiro atoms. The zero-order valence-electron chi connectivity index (χ0n) is 22.4. The highest BCUT2D eigenvalue weighted by atomic mass is 35.5. The van der Waals surface area contributed by atoms with Gasteiger partial charge in [0.1, 0.15) is 0 Å². The summed E-state index contributed by atoms with van der Waals surface area (Å²) in [5.41, 5.74) is 2.10. The molecule has 2 aliphatic rings. The number of carbonyl (C=O) groups is 2. The van der Waals surface area contributed by atoms with Crippen LogP contribution in [0.3, 0.4) is 0 Å². The number of benzene rings is 1. The fourth-order valence-corrected chi connectivity index (χ4v) is 5.53. The van der Waals surface area contributed by atoms with Crippen molar-refractivity contribution < 1.29 is 23.8 Å². The second kappa shape index (κ2) is 15.4. The van der Waals surface area contributed by atoms with Crippen molar-refractivity contribution in [1.82, 2.24) is 20.9 Å². The van der Waals surface area contributed by atoms with Crippen molar-refractivity contribution in [2.24, 2.45) is 11.8 Å². The summed E-state index contributed by atoms with van der Waals surface area (Å²) in [7, 11) is 3.25. The maximum Gasteiger partial charge on any atom is 0.406 e. The highest BCUT2D eigenvalue weighted by molar-refractivity contribution is 6.30. The molecular formula is C27H43ClN4O5. The number of methoxy groups -OCH3 is 1. The fourth-order valence-electron chi connectivity index (χ4n) is 5.35. The number of nitrogens with zero attached hydrogens (tertiary/aromatic N) is 1. The number of likely N-dealkylation sites (N-methyl/N-ethyl adjacent to an activating group) is 1. The molecule has 1 unspecified atom stereocenters. The van der Waals surface area contributed by atoms with Crippen LogP contribution >= 0.6 is 11.6 Å². The lowest BCUT2D eigenvalue weighted by Gasteiger charge is -2.38. The van der Waals surface area contributed by atoms with Crippen molar-refractivity contribution in [2.75, 3.05) is 60.2 Å². The van der Waals surface area contributed by atoms with Gasteiger partial charge in [0.15, 0.2) is 0 Å². The summed E-state index contributed by atoms with van der Waals surface area (Å²) in [5, 5.41) is 9.80. The van der Waals surface area contributed by atoms with Crippen molar-refractivity contribution in [3.63, 3.8) is 0 Å². The predicted octanol–water partition coefficient (Wildman–Crippen LogP) is 3.89. The van der Waals surface area contributed by atoms with Gasteiger partial charge in [0, 0.05) is 56.4 Å². The van der Waals surface area contributed by atoms with Gasteiger partial charge >= 0.3 is 12.1 Å². The number of rotatable bonds is 11. The quantitative estimate of drug-likeness (QED) is 0.370. The summed E-state index contributed by atoms with van der Waals surface area (Å²) >= 11 is 6.35. The Kier molecular flexibility index (Phi) is 12.2. The van der Waals surface area contributed by atoms with Crippen LogP contribution in [-0.4, -0.2) is 83.2 Å². The SMILES string of the molecule is CNC[C@H](C[C@H]1CCCOC1)NC(=O)N1CCC[C@@H](C(OCCNC(=O)OC)c2cc(Cl)ccc2C)C1. The predicted molar refractivity (Wildman–Crippen MR) is 144 cm³/mol. The molecule has 1 aromatic rings. The number of piperidine rings is 1. The van der Waals surface area contributed by atoms with Gasteiger partial charge in [0.05, 0.1) is 19.8 Å². The van der Waals surface area contributed by atoms with Gasteiger partial charge in [-0.3, -0.25) is 0 Å². The van der Waals surface area contributed by atoms with Crippen molar-refractivity contribution in [1.29, 1.82) is 0 Å². The lowest BCUT2D eigenvalue weighted by molar-refractivity contribution is -0.00907. The molecule has 3 rings (SSSR count). The van der Waals surface area contributed by atoms with E-state index in [0.717, 1.165) is 63.0 Å². The summed E-state index contributed by atoms with van der Waals surface area (Å²) in [6.45, 7) is 6.32. The fraction of sp³-hybridized carbons (Fsp3) is 0.704. The Morgan fingerprint density at radius 2 is 2.11 bits per heavy atom. The Morgan fingerprint density at radius 1 is 1.27 bits per heavy atom. The minimum absolute atomic E-state index is 0.0319. The van der Waals surface area contributed by atoms with Crippen LogP contribution in [0.25, 0.3) is 0 Å². The van der Waals surface area contributed by atoms with E-state index in [4.69, 9.17) is 21.1 Å². The van der Waals surface area contributed by atoms with Gasteiger partial charge in [-0.2, -0.15) is 0 Å². The van der Waals surface area contributed by atoms with Crippen LogP contribution in [0.4, 0.5) is 9.59 Å². The van der Waals surface area contributed by atoms with E-state index >= 15 is 0 Å². The smallest absolute Gasteiger partial charge is 0.406 e. The lowest BCUT2D eigenvalue weighted by Crippen LogP contribution is -2.52. The molecule has 0 radical (unpaired) electrons. The molecule has 1 aromatic carbocycles. The van der Waals surface area contributed by atoms with Gasteiger partial charge < -0.3 is 35.1 Å². The summed E-state index contributed by atoms with van der Waals surface area (Å²) in [5.74, 6) is 0.577. The molecule has 10 heteroatoms. The number of hydrogen-bond acceptors (Lipinski definition) is 6. The van der Waals surface area contributed by atoms with Crippen LogP contribution in [0.1, 0.15) is 49.3 Å². The molecule has 0 aliphatic carbocycles. The number of nitrogens with one attached hydrogen (secondary N) is 3. The second-order valence-electron chi connectivity index (χ2n) is 10.1. The molecule has 208 valence electrons. The van der Waals surface area contributed by atoms with E-state index in [1.165, 1.54) is 7.11 Å². The molecule has 4 atom stereocenters. The normalized spacial score (nSPS) is 21.7. The molecule has 2 saturated heterocycles. The summed E-state index contributed by atoms with van der Waals surface area (Å²) in [4.78, 5) is 26.7. The monoisotopic (exact) mass is 538 g/mol. The average Bonchev–Trinajstić information content (AvgIpc) is 2.91. The van der Waals surface area contributed by atoms with E-state index in [0.29, 0.717) is 37.2 Å².